The van der Waals surface area contributed by atoms with Crippen LogP contribution in [-0.4, -0.2) is 26.7 Å². The molecule has 0 aliphatic heterocycles. The Bertz CT molecular complexity index is 1260. The van der Waals surface area contributed by atoms with E-state index in [-0.39, 0.29) is 28.0 Å². The number of carbonyl (C=O) groups is 2. The number of sulfonamides is 1. The largest absolute Gasteiger partial charge is 0.484 e. The number of hydrogen-bond donors (Lipinski definition) is 2. The highest BCUT2D eigenvalue weighted by molar-refractivity contribution is 7.92. The molecule has 3 aromatic carbocycles. The van der Waals surface area contributed by atoms with Gasteiger partial charge in [-0.05, 0) is 61.5 Å². The van der Waals surface area contributed by atoms with Crippen molar-refractivity contribution in [1.82, 2.24) is 0 Å². The van der Waals surface area contributed by atoms with Gasteiger partial charge in [-0.2, -0.15) is 0 Å². The van der Waals surface area contributed by atoms with Gasteiger partial charge in [0.05, 0.1) is 5.02 Å². The zero-order valence-electron chi connectivity index (χ0n) is 16.8. The van der Waals surface area contributed by atoms with E-state index in [1.54, 1.807) is 30.3 Å². The number of carbonyl (C=O) groups excluding carboxylic acids is 2. The van der Waals surface area contributed by atoms with E-state index in [9.17, 15) is 18.0 Å². The maximum absolute atomic E-state index is 12.7. The van der Waals surface area contributed by atoms with E-state index in [4.69, 9.17) is 27.9 Å². The van der Waals surface area contributed by atoms with E-state index >= 15 is 0 Å². The molecule has 0 aliphatic rings. The number of halogens is 2. The molecule has 0 atom stereocenters. The molecule has 7 nitrogen and oxygen atoms in total. The summed E-state index contributed by atoms with van der Waals surface area (Å²) in [5.41, 5.74) is 0.988. The predicted molar refractivity (Wildman–Crippen MR) is 124 cm³/mol. The Hall–Kier alpha value is -3.07. The molecule has 0 unspecified atom stereocenters. The predicted octanol–water partition coefficient (Wildman–Crippen LogP) is 5.01. The number of rotatable bonds is 8. The van der Waals surface area contributed by atoms with Crippen LogP contribution in [-0.2, 0) is 14.8 Å². The lowest BCUT2D eigenvalue weighted by atomic mass is 10.1. The molecule has 0 spiro atoms. The minimum absolute atomic E-state index is 0.0123. The Labute approximate surface area is 195 Å². The summed E-state index contributed by atoms with van der Waals surface area (Å²) in [7, 11) is -4.02. The molecule has 10 heteroatoms. The van der Waals surface area contributed by atoms with Crippen LogP contribution < -0.4 is 14.8 Å². The van der Waals surface area contributed by atoms with E-state index in [1.165, 1.54) is 43.3 Å². The van der Waals surface area contributed by atoms with Crippen molar-refractivity contribution in [1.29, 1.82) is 0 Å². The van der Waals surface area contributed by atoms with Gasteiger partial charge in [0.2, 0.25) is 0 Å². The summed E-state index contributed by atoms with van der Waals surface area (Å²) in [6, 6.07) is 16.6. The Balaban J connectivity index is 1.69. The molecular formula is C22H18Cl2N2O5S. The van der Waals surface area contributed by atoms with Crippen LogP contribution in [0.3, 0.4) is 0 Å². The molecule has 0 saturated heterocycles. The zero-order valence-corrected chi connectivity index (χ0v) is 19.1. The highest BCUT2D eigenvalue weighted by Crippen LogP contribution is 2.27. The average Bonchev–Trinajstić information content (AvgIpc) is 2.75. The molecule has 0 aliphatic carbocycles. The molecule has 0 saturated carbocycles. The molecule has 0 bridgehead atoms. The third-order valence-corrected chi connectivity index (χ3v) is 6.33. The molecule has 0 aromatic heterocycles. The summed E-state index contributed by atoms with van der Waals surface area (Å²) in [4.78, 5) is 23.5. The quantitative estimate of drug-likeness (QED) is 0.430. The first-order chi connectivity index (χ1) is 15.1. The van der Waals surface area contributed by atoms with Gasteiger partial charge in [-0.15, -0.1) is 0 Å². The molecule has 1 amide bonds. The fraction of sp³-hybridized carbons (Fsp3) is 0.0909. The minimum Gasteiger partial charge on any atom is -0.484 e. The summed E-state index contributed by atoms with van der Waals surface area (Å²) in [6.45, 7) is 1.09. The van der Waals surface area contributed by atoms with Gasteiger partial charge in [0.15, 0.2) is 12.4 Å². The van der Waals surface area contributed by atoms with E-state index < -0.39 is 15.9 Å². The highest BCUT2D eigenvalue weighted by atomic mass is 35.5. The van der Waals surface area contributed by atoms with Gasteiger partial charge in [-0.25, -0.2) is 8.42 Å². The number of ketones is 1. The molecule has 3 aromatic rings. The lowest BCUT2D eigenvalue weighted by Gasteiger charge is -2.12. The Morgan fingerprint density at radius 1 is 0.938 bits per heavy atom. The van der Waals surface area contributed by atoms with Gasteiger partial charge >= 0.3 is 0 Å². The van der Waals surface area contributed by atoms with Crippen molar-refractivity contribution in [3.63, 3.8) is 0 Å². The fourth-order valence-electron chi connectivity index (χ4n) is 2.67. The van der Waals surface area contributed by atoms with E-state index in [0.717, 1.165) is 0 Å². The van der Waals surface area contributed by atoms with Crippen molar-refractivity contribution in [2.24, 2.45) is 0 Å². The normalized spacial score (nSPS) is 11.0. The second-order valence-electron chi connectivity index (χ2n) is 6.68. The Morgan fingerprint density at radius 3 is 2.31 bits per heavy atom. The Morgan fingerprint density at radius 2 is 1.62 bits per heavy atom. The monoisotopic (exact) mass is 492 g/mol. The van der Waals surface area contributed by atoms with Crippen LogP contribution in [0.25, 0.3) is 0 Å². The van der Waals surface area contributed by atoms with E-state index in [2.05, 4.69) is 10.0 Å². The molecule has 32 heavy (non-hydrogen) atoms. The molecular weight excluding hydrogens is 475 g/mol. The van der Waals surface area contributed by atoms with Crippen molar-refractivity contribution < 1.29 is 22.7 Å². The smallest absolute Gasteiger partial charge is 0.263 e. The fourth-order valence-corrected chi connectivity index (χ4v) is 4.38. The highest BCUT2D eigenvalue weighted by Gasteiger charge is 2.19. The first-order valence-corrected chi connectivity index (χ1v) is 11.5. The van der Waals surface area contributed by atoms with Gasteiger partial charge in [-0.3, -0.25) is 14.3 Å². The van der Waals surface area contributed by atoms with E-state index in [0.29, 0.717) is 22.0 Å². The van der Waals surface area contributed by atoms with Crippen molar-refractivity contribution >= 4 is 56.3 Å². The summed E-state index contributed by atoms with van der Waals surface area (Å²) in [5.74, 6) is -0.282. The van der Waals surface area contributed by atoms with Crippen LogP contribution in [0.5, 0.6) is 5.75 Å². The van der Waals surface area contributed by atoms with Gasteiger partial charge < -0.3 is 10.1 Å². The molecule has 3 rings (SSSR count). The topological polar surface area (TPSA) is 102 Å². The van der Waals surface area contributed by atoms with Gasteiger partial charge in [0.1, 0.15) is 10.6 Å². The summed E-state index contributed by atoms with van der Waals surface area (Å²) < 4.78 is 33.3. The van der Waals surface area contributed by atoms with Crippen LogP contribution in [0.2, 0.25) is 10.0 Å². The molecule has 0 fully saturated rings. The lowest BCUT2D eigenvalue weighted by molar-refractivity contribution is -0.118. The summed E-state index contributed by atoms with van der Waals surface area (Å²) in [6.07, 6.45) is 0. The molecule has 0 radical (unpaired) electrons. The number of amides is 1. The lowest BCUT2D eigenvalue weighted by Crippen LogP contribution is -2.21. The van der Waals surface area contributed by atoms with Crippen LogP contribution in [0.4, 0.5) is 11.4 Å². The minimum atomic E-state index is -4.02. The van der Waals surface area contributed by atoms with Crippen molar-refractivity contribution in [3.05, 3.63) is 82.3 Å². The Kier molecular flexibility index (Phi) is 7.40. The van der Waals surface area contributed by atoms with Crippen LogP contribution in [0.15, 0.2) is 71.6 Å². The first kappa shape index (κ1) is 23.6. The number of nitrogens with one attached hydrogen (secondary N) is 2. The second-order valence-corrected chi connectivity index (χ2v) is 9.17. The van der Waals surface area contributed by atoms with Crippen LogP contribution >= 0.6 is 23.2 Å². The third-order valence-electron chi connectivity index (χ3n) is 4.21. The standard InChI is InChI=1S/C22H18Cl2N2O5S/c1-14(27)15-3-2-4-19(11-15)31-13-22(28)25-18-9-10-20(24)21(12-18)32(29,30)26-17-7-5-16(23)6-8-17/h2-12,26H,13H2,1H3,(H,25,28). The van der Waals surface area contributed by atoms with Crippen molar-refractivity contribution in [3.8, 4) is 5.75 Å². The maximum atomic E-state index is 12.7. The number of anilines is 2. The SMILES string of the molecule is CC(=O)c1cccc(OCC(=O)Nc2ccc(Cl)c(S(=O)(=O)Nc3ccc(Cl)cc3)c2)c1. The van der Waals surface area contributed by atoms with Crippen molar-refractivity contribution in [2.45, 2.75) is 11.8 Å². The molecule has 0 heterocycles. The molecule has 166 valence electrons. The number of hydrogen-bond acceptors (Lipinski definition) is 5. The van der Waals surface area contributed by atoms with Crippen LogP contribution in [0, 0.1) is 0 Å². The zero-order chi connectivity index (χ0) is 23.3. The van der Waals surface area contributed by atoms with Gasteiger partial charge in [0, 0.05) is 22.0 Å². The van der Waals surface area contributed by atoms with E-state index in [1.807, 2.05) is 0 Å². The third kappa shape index (κ3) is 6.23. The molecule has 2 N–H and O–H groups in total. The van der Waals surface area contributed by atoms with Gasteiger partial charge in [-0.1, -0.05) is 35.3 Å². The summed E-state index contributed by atoms with van der Waals surface area (Å²) in [5, 5.41) is 3.01. The average molecular weight is 493 g/mol. The van der Waals surface area contributed by atoms with Crippen molar-refractivity contribution in [2.75, 3.05) is 16.6 Å². The number of ether oxygens (including phenoxy) is 1. The first-order valence-electron chi connectivity index (χ1n) is 9.25. The summed E-state index contributed by atoms with van der Waals surface area (Å²) >= 11 is 11.9. The second kappa shape index (κ2) is 10.0. The number of benzene rings is 3. The van der Waals surface area contributed by atoms with Gasteiger partial charge in [0.25, 0.3) is 15.9 Å². The van der Waals surface area contributed by atoms with Crippen LogP contribution in [0.1, 0.15) is 17.3 Å². The maximum Gasteiger partial charge on any atom is 0.263 e. The number of Topliss-reactive ketones (excluding diaryl/α,β-unsaturated/α-hetero) is 1.